The minimum Gasteiger partial charge on any atom is -0.193 e. The second-order valence-corrected chi connectivity index (χ2v) is 7.46. The van der Waals surface area contributed by atoms with Crippen LogP contribution in [0.2, 0.25) is 0 Å². The minimum atomic E-state index is 0.952. The molecule has 0 N–H and O–H groups in total. The zero-order valence-electron chi connectivity index (χ0n) is 14.3. The molecule has 0 saturated heterocycles. The average Bonchev–Trinajstić information content (AvgIpc) is 2.59. The first kappa shape index (κ1) is 17.3. The summed E-state index contributed by atoms with van der Waals surface area (Å²) in [5.74, 6) is 4.09. The summed E-state index contributed by atoms with van der Waals surface area (Å²) in [5.41, 5.74) is 0. The molecule has 2 saturated carbocycles. The summed E-state index contributed by atoms with van der Waals surface area (Å²) in [6.07, 6.45) is 23.4. The highest BCUT2D eigenvalue weighted by Gasteiger charge is 2.30. The number of hydrogen-bond acceptors (Lipinski definition) is 1. The number of nitrogens with zero attached hydrogens (tertiary/aromatic N) is 1. The fourth-order valence-electron chi connectivity index (χ4n) is 4.62. The molecule has 0 amide bonds. The first-order chi connectivity index (χ1) is 10.8. The lowest BCUT2D eigenvalue weighted by Gasteiger charge is -2.37. The molecule has 0 heterocycles. The summed E-state index contributed by atoms with van der Waals surface area (Å²) in [6.45, 7) is 2.36. The molecule has 0 unspecified atom stereocenters. The molecule has 0 aromatic carbocycles. The summed E-state index contributed by atoms with van der Waals surface area (Å²) >= 11 is 0. The maximum atomic E-state index is 8.42. The zero-order valence-corrected chi connectivity index (χ0v) is 14.3. The molecule has 0 spiro atoms. The third-order valence-corrected chi connectivity index (χ3v) is 6.19. The molecule has 0 bridgehead atoms. The molecule has 2 aliphatic rings. The van der Waals surface area contributed by atoms with Crippen LogP contribution < -0.4 is 0 Å². The Morgan fingerprint density at radius 2 is 1.45 bits per heavy atom. The molecule has 122 valence electrons. The Bertz CT molecular complexity index is 385. The Labute approximate surface area is 137 Å². The Kier molecular flexibility index (Phi) is 7.78. The summed E-state index contributed by atoms with van der Waals surface area (Å²) in [5, 5.41) is 8.42. The van der Waals surface area contributed by atoms with Crippen LogP contribution in [0.5, 0.6) is 0 Å². The van der Waals surface area contributed by atoms with E-state index in [1.165, 1.54) is 76.7 Å². The van der Waals surface area contributed by atoms with Gasteiger partial charge in [-0.2, -0.15) is 5.26 Å². The van der Waals surface area contributed by atoms with Crippen LogP contribution in [-0.2, 0) is 0 Å². The van der Waals surface area contributed by atoms with Crippen molar-refractivity contribution in [2.75, 3.05) is 0 Å². The van der Waals surface area contributed by atoms with Gasteiger partial charge < -0.3 is 0 Å². The maximum Gasteiger partial charge on any atom is 0.0912 e. The van der Waals surface area contributed by atoms with Crippen LogP contribution in [0, 0.1) is 35.0 Å². The van der Waals surface area contributed by atoms with E-state index in [4.69, 9.17) is 5.26 Å². The van der Waals surface area contributed by atoms with E-state index in [1.807, 2.05) is 18.2 Å². The highest BCUT2D eigenvalue weighted by molar-refractivity contribution is 5.11. The van der Waals surface area contributed by atoms with Crippen molar-refractivity contribution in [2.45, 2.75) is 77.6 Å². The van der Waals surface area contributed by atoms with Crippen LogP contribution in [0.3, 0.4) is 0 Å². The Morgan fingerprint density at radius 3 is 2.00 bits per heavy atom. The van der Waals surface area contributed by atoms with Gasteiger partial charge in [0.1, 0.15) is 0 Å². The van der Waals surface area contributed by atoms with Gasteiger partial charge in [0.2, 0.25) is 0 Å². The molecule has 0 atom stereocenters. The third-order valence-electron chi connectivity index (χ3n) is 6.19. The van der Waals surface area contributed by atoms with Crippen LogP contribution in [0.25, 0.3) is 0 Å². The van der Waals surface area contributed by atoms with Crippen molar-refractivity contribution in [3.05, 3.63) is 24.3 Å². The van der Waals surface area contributed by atoms with E-state index in [0.29, 0.717) is 0 Å². The first-order valence-corrected chi connectivity index (χ1v) is 9.54. The average molecular weight is 300 g/mol. The molecule has 1 nitrogen and oxygen atoms in total. The molecule has 1 heteroatoms. The molecule has 0 aliphatic heterocycles. The summed E-state index contributed by atoms with van der Waals surface area (Å²) in [7, 11) is 0. The van der Waals surface area contributed by atoms with E-state index in [1.54, 1.807) is 0 Å². The predicted molar refractivity (Wildman–Crippen MR) is 94.3 cm³/mol. The van der Waals surface area contributed by atoms with Crippen molar-refractivity contribution in [1.82, 2.24) is 0 Å². The second kappa shape index (κ2) is 9.88. The van der Waals surface area contributed by atoms with E-state index in [9.17, 15) is 0 Å². The quantitative estimate of drug-likeness (QED) is 0.410. The van der Waals surface area contributed by atoms with Gasteiger partial charge in [0, 0.05) is 6.08 Å². The van der Waals surface area contributed by atoms with E-state index in [-0.39, 0.29) is 0 Å². The van der Waals surface area contributed by atoms with E-state index >= 15 is 0 Å². The third kappa shape index (κ3) is 5.64. The van der Waals surface area contributed by atoms with E-state index in [0.717, 1.165) is 23.7 Å². The molecular weight excluding hydrogens is 266 g/mol. The van der Waals surface area contributed by atoms with Crippen LogP contribution in [0.1, 0.15) is 77.6 Å². The van der Waals surface area contributed by atoms with Crippen molar-refractivity contribution in [3.63, 3.8) is 0 Å². The van der Waals surface area contributed by atoms with Gasteiger partial charge in [-0.3, -0.25) is 0 Å². The normalized spacial score (nSPS) is 33.3. The largest absolute Gasteiger partial charge is 0.193 e. The topological polar surface area (TPSA) is 23.8 Å². The van der Waals surface area contributed by atoms with Crippen molar-refractivity contribution < 1.29 is 0 Å². The van der Waals surface area contributed by atoms with Crippen LogP contribution in [0.15, 0.2) is 24.3 Å². The lowest BCUT2D eigenvalue weighted by atomic mass is 9.68. The fourth-order valence-corrected chi connectivity index (χ4v) is 4.62. The predicted octanol–water partition coefficient (Wildman–Crippen LogP) is 6.43. The molecule has 22 heavy (non-hydrogen) atoms. The van der Waals surface area contributed by atoms with Crippen molar-refractivity contribution in [3.8, 4) is 6.07 Å². The van der Waals surface area contributed by atoms with E-state index in [2.05, 4.69) is 13.0 Å². The van der Waals surface area contributed by atoms with Gasteiger partial charge >= 0.3 is 0 Å². The fraction of sp³-hybridized carbons (Fsp3) is 0.762. The summed E-state index contributed by atoms with van der Waals surface area (Å²) in [6, 6.07) is 2.02. The Balaban J connectivity index is 1.61. The van der Waals surface area contributed by atoms with E-state index < -0.39 is 0 Å². The number of nitriles is 1. The smallest absolute Gasteiger partial charge is 0.0912 e. The second-order valence-electron chi connectivity index (χ2n) is 7.46. The standard InChI is InChI=1S/C21H33N/c1-2-18-9-13-20(14-10-18)21-15-11-19(12-16-21)8-6-4-3-5-7-17-22/h3-5,7,18-21H,2,6,8-16H2,1H3/b4-3+,7-5+. The summed E-state index contributed by atoms with van der Waals surface area (Å²) < 4.78 is 0. The SMILES string of the molecule is CCC1CCC(C2CCC(CC/C=C/C=C/C#N)CC2)CC1. The Hall–Kier alpha value is -1.03. The van der Waals surface area contributed by atoms with Crippen LogP contribution >= 0.6 is 0 Å². The number of rotatable bonds is 6. The zero-order chi connectivity index (χ0) is 15.6. The van der Waals surface area contributed by atoms with Gasteiger partial charge in [0.15, 0.2) is 0 Å². The van der Waals surface area contributed by atoms with Gasteiger partial charge in [0.05, 0.1) is 6.07 Å². The number of allylic oxidation sites excluding steroid dienone is 4. The van der Waals surface area contributed by atoms with Gasteiger partial charge in [-0.25, -0.2) is 0 Å². The van der Waals surface area contributed by atoms with Gasteiger partial charge in [-0.15, -0.1) is 0 Å². The molecule has 2 rings (SSSR count). The highest BCUT2D eigenvalue weighted by atomic mass is 14.4. The van der Waals surface area contributed by atoms with Crippen LogP contribution in [0.4, 0.5) is 0 Å². The van der Waals surface area contributed by atoms with Crippen molar-refractivity contribution in [1.29, 1.82) is 5.26 Å². The first-order valence-electron chi connectivity index (χ1n) is 9.54. The molecule has 0 aromatic heterocycles. The van der Waals surface area contributed by atoms with Crippen LogP contribution in [-0.4, -0.2) is 0 Å². The minimum absolute atomic E-state index is 0.952. The maximum absolute atomic E-state index is 8.42. The molecule has 0 aromatic rings. The van der Waals surface area contributed by atoms with Crippen molar-refractivity contribution in [2.24, 2.45) is 23.7 Å². The number of hydrogen-bond donors (Lipinski definition) is 0. The molecule has 2 fully saturated rings. The van der Waals surface area contributed by atoms with Gasteiger partial charge in [-0.05, 0) is 62.2 Å². The van der Waals surface area contributed by atoms with Gasteiger partial charge in [-0.1, -0.05) is 57.3 Å². The highest BCUT2D eigenvalue weighted by Crippen LogP contribution is 2.42. The monoisotopic (exact) mass is 299 g/mol. The lowest BCUT2D eigenvalue weighted by Crippen LogP contribution is -2.25. The Morgan fingerprint density at radius 1 is 0.864 bits per heavy atom. The molecular formula is C21H33N. The van der Waals surface area contributed by atoms with Gasteiger partial charge in [0.25, 0.3) is 0 Å². The summed E-state index contributed by atoms with van der Waals surface area (Å²) in [4.78, 5) is 0. The van der Waals surface area contributed by atoms with Crippen molar-refractivity contribution >= 4 is 0 Å². The lowest BCUT2D eigenvalue weighted by molar-refractivity contribution is 0.143. The molecule has 0 radical (unpaired) electrons. The molecule has 2 aliphatic carbocycles.